The molecule has 0 saturated heterocycles. The minimum Gasteiger partial charge on any atom is -0.353 e. The summed E-state index contributed by atoms with van der Waals surface area (Å²) >= 11 is 1.28. The Bertz CT molecular complexity index is 455. The third-order valence-corrected chi connectivity index (χ3v) is 3.61. The number of carbonyl (C=O) groups is 1. The molecule has 0 unspecified atom stereocenters. The maximum atomic E-state index is 11.7. The van der Waals surface area contributed by atoms with Crippen molar-refractivity contribution >= 4 is 17.7 Å². The highest BCUT2D eigenvalue weighted by molar-refractivity contribution is 7.99. The van der Waals surface area contributed by atoms with Crippen LogP contribution in [0.15, 0.2) is 9.95 Å². The molecule has 19 heavy (non-hydrogen) atoms. The molecule has 0 fully saturated rings. The van der Waals surface area contributed by atoms with Gasteiger partial charge in [-0.2, -0.15) is 0 Å². The highest BCUT2D eigenvalue weighted by Crippen LogP contribution is 2.13. The Labute approximate surface area is 117 Å². The summed E-state index contributed by atoms with van der Waals surface area (Å²) in [6.07, 6.45) is 2.87. The molecule has 0 aromatic carbocycles. The van der Waals surface area contributed by atoms with E-state index in [4.69, 9.17) is 0 Å². The van der Waals surface area contributed by atoms with Gasteiger partial charge >= 0.3 is 5.69 Å². The highest BCUT2D eigenvalue weighted by atomic mass is 32.2. The van der Waals surface area contributed by atoms with Crippen molar-refractivity contribution in [3.8, 4) is 0 Å². The van der Waals surface area contributed by atoms with E-state index in [9.17, 15) is 9.59 Å². The van der Waals surface area contributed by atoms with E-state index in [1.54, 1.807) is 4.57 Å². The molecule has 0 spiro atoms. The van der Waals surface area contributed by atoms with E-state index in [-0.39, 0.29) is 23.4 Å². The number of nitrogens with zero attached hydrogens (tertiary/aromatic N) is 2. The summed E-state index contributed by atoms with van der Waals surface area (Å²) in [6.45, 7) is 6.69. The Morgan fingerprint density at radius 3 is 2.84 bits per heavy atom. The molecular weight excluding hydrogens is 264 g/mol. The molecule has 0 aliphatic heterocycles. The Hall–Kier alpha value is -1.24. The molecule has 2 N–H and O–H groups in total. The summed E-state index contributed by atoms with van der Waals surface area (Å²) in [4.78, 5) is 23.2. The summed E-state index contributed by atoms with van der Waals surface area (Å²) in [5.41, 5.74) is -0.218. The fourth-order valence-electron chi connectivity index (χ4n) is 1.79. The molecule has 0 aliphatic carbocycles. The second-order valence-electron chi connectivity index (χ2n) is 4.51. The lowest BCUT2D eigenvalue weighted by Gasteiger charge is -2.12. The van der Waals surface area contributed by atoms with Crippen LogP contribution in [0.4, 0.5) is 0 Å². The molecule has 1 heterocycles. The Kier molecular flexibility index (Phi) is 6.69. The predicted molar refractivity (Wildman–Crippen MR) is 76.4 cm³/mol. The minimum absolute atomic E-state index is 0.0237. The Balaban J connectivity index is 2.48. The lowest BCUT2D eigenvalue weighted by atomic mass is 10.2. The van der Waals surface area contributed by atoms with Gasteiger partial charge in [0.1, 0.15) is 0 Å². The molecule has 0 radical (unpaired) electrons. The van der Waals surface area contributed by atoms with Gasteiger partial charge in [-0.15, -0.1) is 5.10 Å². The second-order valence-corrected chi connectivity index (χ2v) is 5.45. The van der Waals surface area contributed by atoms with E-state index in [1.165, 1.54) is 11.8 Å². The number of thioether (sulfide) groups is 1. The number of H-pyrrole nitrogens is 1. The standard InChI is InChI=1S/C12H22N4O2S/c1-4-6-9(3)13-10(17)8-19-12-15-14-11(18)16(12)7-5-2/h9H,4-8H2,1-3H3,(H,13,17)(H,14,18)/t9-/m1/s1. The molecule has 6 nitrogen and oxygen atoms in total. The van der Waals surface area contributed by atoms with Crippen molar-refractivity contribution in [3.63, 3.8) is 0 Å². The SMILES string of the molecule is CCC[C@@H](C)NC(=O)CSc1n[nH]c(=O)n1CCC. The predicted octanol–water partition coefficient (Wildman–Crippen LogP) is 1.38. The van der Waals surface area contributed by atoms with Gasteiger partial charge in [0.25, 0.3) is 0 Å². The number of amides is 1. The summed E-state index contributed by atoms with van der Waals surface area (Å²) in [5, 5.41) is 9.84. The van der Waals surface area contributed by atoms with Crippen LogP contribution < -0.4 is 11.0 Å². The molecule has 7 heteroatoms. The van der Waals surface area contributed by atoms with Crippen LogP contribution in [0, 0.1) is 0 Å². The topological polar surface area (TPSA) is 79.8 Å². The number of aromatic nitrogens is 3. The first kappa shape index (κ1) is 15.8. The first-order chi connectivity index (χ1) is 9.08. The zero-order valence-corrected chi connectivity index (χ0v) is 12.5. The van der Waals surface area contributed by atoms with Crippen LogP contribution in [0.1, 0.15) is 40.0 Å². The van der Waals surface area contributed by atoms with E-state index in [0.29, 0.717) is 11.7 Å². The summed E-state index contributed by atoms with van der Waals surface area (Å²) < 4.78 is 1.56. The van der Waals surface area contributed by atoms with Crippen LogP contribution in [0.3, 0.4) is 0 Å². The van der Waals surface area contributed by atoms with Gasteiger partial charge in [0.05, 0.1) is 5.75 Å². The third kappa shape index (κ3) is 5.10. The average Bonchev–Trinajstić information content (AvgIpc) is 2.69. The lowest BCUT2D eigenvalue weighted by Crippen LogP contribution is -2.33. The normalized spacial score (nSPS) is 12.4. The van der Waals surface area contributed by atoms with Gasteiger partial charge in [0.2, 0.25) is 5.91 Å². The Morgan fingerprint density at radius 1 is 1.47 bits per heavy atom. The van der Waals surface area contributed by atoms with Crippen LogP contribution in [-0.4, -0.2) is 32.5 Å². The third-order valence-electron chi connectivity index (χ3n) is 2.63. The zero-order chi connectivity index (χ0) is 14.3. The second kappa shape index (κ2) is 8.04. The number of aromatic amines is 1. The van der Waals surface area contributed by atoms with Crippen molar-refractivity contribution in [2.24, 2.45) is 0 Å². The van der Waals surface area contributed by atoms with Crippen molar-refractivity contribution in [1.29, 1.82) is 0 Å². The summed E-state index contributed by atoms with van der Waals surface area (Å²) in [5.74, 6) is 0.256. The van der Waals surface area contributed by atoms with Crippen molar-refractivity contribution in [2.45, 2.75) is 57.8 Å². The number of rotatable bonds is 8. The largest absolute Gasteiger partial charge is 0.353 e. The fraction of sp³-hybridized carbons (Fsp3) is 0.750. The fourth-order valence-corrected chi connectivity index (χ4v) is 2.57. The zero-order valence-electron chi connectivity index (χ0n) is 11.7. The molecule has 1 aromatic rings. The van der Waals surface area contributed by atoms with Crippen molar-refractivity contribution in [2.75, 3.05) is 5.75 Å². The summed E-state index contributed by atoms with van der Waals surface area (Å²) in [6, 6.07) is 0.190. The van der Waals surface area contributed by atoms with Gasteiger partial charge < -0.3 is 5.32 Å². The van der Waals surface area contributed by atoms with Crippen LogP contribution in [-0.2, 0) is 11.3 Å². The molecule has 1 rings (SSSR count). The monoisotopic (exact) mass is 286 g/mol. The van der Waals surface area contributed by atoms with Crippen molar-refractivity contribution in [3.05, 3.63) is 10.5 Å². The average molecular weight is 286 g/mol. The molecule has 0 bridgehead atoms. The lowest BCUT2D eigenvalue weighted by molar-refractivity contribution is -0.119. The molecule has 0 aliphatic rings. The van der Waals surface area contributed by atoms with Crippen LogP contribution in [0.5, 0.6) is 0 Å². The molecule has 108 valence electrons. The van der Waals surface area contributed by atoms with Gasteiger partial charge in [0.15, 0.2) is 5.16 Å². The van der Waals surface area contributed by atoms with E-state index in [0.717, 1.165) is 19.3 Å². The van der Waals surface area contributed by atoms with Crippen LogP contribution >= 0.6 is 11.8 Å². The van der Waals surface area contributed by atoms with E-state index < -0.39 is 0 Å². The van der Waals surface area contributed by atoms with E-state index >= 15 is 0 Å². The van der Waals surface area contributed by atoms with Crippen LogP contribution in [0.2, 0.25) is 0 Å². The minimum atomic E-state index is -0.218. The smallest absolute Gasteiger partial charge is 0.343 e. The van der Waals surface area contributed by atoms with Gasteiger partial charge in [-0.1, -0.05) is 32.0 Å². The maximum Gasteiger partial charge on any atom is 0.343 e. The Morgan fingerprint density at radius 2 is 2.21 bits per heavy atom. The van der Waals surface area contributed by atoms with E-state index in [2.05, 4.69) is 22.4 Å². The number of nitrogens with one attached hydrogen (secondary N) is 2. The molecule has 1 atom stereocenters. The first-order valence-electron chi connectivity index (χ1n) is 6.65. The highest BCUT2D eigenvalue weighted by Gasteiger charge is 2.12. The van der Waals surface area contributed by atoms with E-state index in [1.807, 2.05) is 13.8 Å². The molecule has 0 saturated carbocycles. The van der Waals surface area contributed by atoms with Gasteiger partial charge in [0, 0.05) is 12.6 Å². The molecule has 1 amide bonds. The summed E-state index contributed by atoms with van der Waals surface area (Å²) in [7, 11) is 0. The van der Waals surface area contributed by atoms with Crippen LogP contribution in [0.25, 0.3) is 0 Å². The first-order valence-corrected chi connectivity index (χ1v) is 7.64. The maximum absolute atomic E-state index is 11.7. The number of carbonyl (C=O) groups excluding carboxylic acids is 1. The number of hydrogen-bond acceptors (Lipinski definition) is 4. The van der Waals surface area contributed by atoms with Gasteiger partial charge in [-0.05, 0) is 19.8 Å². The van der Waals surface area contributed by atoms with Crippen molar-refractivity contribution < 1.29 is 4.79 Å². The van der Waals surface area contributed by atoms with Gasteiger partial charge in [-0.25, -0.2) is 9.89 Å². The molecular formula is C12H22N4O2S. The quantitative estimate of drug-likeness (QED) is 0.708. The van der Waals surface area contributed by atoms with Gasteiger partial charge in [-0.3, -0.25) is 9.36 Å². The number of hydrogen-bond donors (Lipinski definition) is 2. The molecule has 1 aromatic heterocycles. The van der Waals surface area contributed by atoms with Crippen molar-refractivity contribution in [1.82, 2.24) is 20.1 Å².